The van der Waals surface area contributed by atoms with Gasteiger partial charge in [0.15, 0.2) is 0 Å². The molecular formula is C17H17ClN4. The van der Waals surface area contributed by atoms with Gasteiger partial charge in [0.05, 0.1) is 23.3 Å². The number of halogens is 1. The Hall–Kier alpha value is -2.33. The van der Waals surface area contributed by atoms with Crippen LogP contribution in [0.15, 0.2) is 48.8 Å². The monoisotopic (exact) mass is 312 g/mol. The lowest BCUT2D eigenvalue weighted by Crippen LogP contribution is -1.99. The first-order chi connectivity index (χ1) is 10.6. The van der Waals surface area contributed by atoms with Crippen molar-refractivity contribution in [3.63, 3.8) is 0 Å². The van der Waals surface area contributed by atoms with Gasteiger partial charge in [0.2, 0.25) is 0 Å². The van der Waals surface area contributed by atoms with Crippen LogP contribution in [0.25, 0.3) is 11.3 Å². The average molecular weight is 313 g/mol. The van der Waals surface area contributed by atoms with Crippen LogP contribution in [0.3, 0.4) is 0 Å². The molecule has 0 aliphatic carbocycles. The predicted octanol–water partition coefficient (Wildman–Crippen LogP) is 4.06. The van der Waals surface area contributed by atoms with E-state index in [1.807, 2.05) is 62.8 Å². The van der Waals surface area contributed by atoms with Crippen LogP contribution in [0.5, 0.6) is 0 Å². The summed E-state index contributed by atoms with van der Waals surface area (Å²) < 4.78 is 1.80. The number of hydrogen-bond donors (Lipinski definition) is 1. The molecule has 4 nitrogen and oxygen atoms in total. The number of rotatable bonds is 4. The molecule has 0 aliphatic heterocycles. The maximum atomic E-state index is 5.88. The van der Waals surface area contributed by atoms with Gasteiger partial charge in [-0.2, -0.15) is 5.10 Å². The molecule has 0 saturated carbocycles. The van der Waals surface area contributed by atoms with E-state index in [1.54, 1.807) is 4.68 Å². The van der Waals surface area contributed by atoms with Crippen molar-refractivity contribution in [2.75, 3.05) is 5.32 Å². The molecule has 0 unspecified atom stereocenters. The van der Waals surface area contributed by atoms with Gasteiger partial charge >= 0.3 is 0 Å². The second kappa shape index (κ2) is 6.20. The Morgan fingerprint density at radius 3 is 2.50 bits per heavy atom. The van der Waals surface area contributed by atoms with Gasteiger partial charge in [-0.15, -0.1) is 0 Å². The second-order valence-electron chi connectivity index (χ2n) is 5.21. The van der Waals surface area contributed by atoms with E-state index in [9.17, 15) is 0 Å². The summed E-state index contributed by atoms with van der Waals surface area (Å²) in [6.45, 7) is 2.73. The number of nitrogens with zero attached hydrogens (tertiary/aromatic N) is 3. The molecule has 0 fully saturated rings. The number of aromatic nitrogens is 3. The minimum absolute atomic E-state index is 0.740. The molecule has 5 heteroatoms. The highest BCUT2D eigenvalue weighted by Crippen LogP contribution is 2.21. The lowest BCUT2D eigenvalue weighted by molar-refractivity contribution is 0.756. The smallest absolute Gasteiger partial charge is 0.0737 e. The Labute approximate surface area is 134 Å². The summed E-state index contributed by atoms with van der Waals surface area (Å²) in [6.07, 6.45) is 3.83. The molecule has 0 saturated heterocycles. The zero-order valence-electron chi connectivity index (χ0n) is 12.5. The summed E-state index contributed by atoms with van der Waals surface area (Å²) in [4.78, 5) is 4.51. The van der Waals surface area contributed by atoms with Gasteiger partial charge in [-0.25, -0.2) is 0 Å². The predicted molar refractivity (Wildman–Crippen MR) is 90.0 cm³/mol. The van der Waals surface area contributed by atoms with Crippen molar-refractivity contribution in [2.24, 2.45) is 7.05 Å². The third-order valence-electron chi connectivity index (χ3n) is 3.46. The third kappa shape index (κ3) is 3.28. The zero-order chi connectivity index (χ0) is 15.5. The molecule has 2 aromatic heterocycles. The number of benzene rings is 1. The first kappa shape index (κ1) is 14.6. The summed E-state index contributed by atoms with van der Waals surface area (Å²) in [5, 5.41) is 8.45. The lowest BCUT2D eigenvalue weighted by Gasteiger charge is -2.07. The quantitative estimate of drug-likeness (QED) is 0.790. The van der Waals surface area contributed by atoms with Gasteiger partial charge in [0, 0.05) is 30.4 Å². The molecule has 0 bridgehead atoms. The van der Waals surface area contributed by atoms with E-state index in [4.69, 9.17) is 11.6 Å². The Balaban J connectivity index is 1.69. The molecule has 112 valence electrons. The van der Waals surface area contributed by atoms with Crippen LogP contribution in [-0.4, -0.2) is 14.8 Å². The first-order valence-corrected chi connectivity index (χ1v) is 7.44. The molecule has 0 aliphatic rings. The van der Waals surface area contributed by atoms with Gasteiger partial charge in [0.25, 0.3) is 0 Å². The minimum Gasteiger partial charge on any atom is -0.380 e. The molecule has 0 spiro atoms. The Kier molecular flexibility index (Phi) is 4.11. The fourth-order valence-corrected chi connectivity index (χ4v) is 2.44. The van der Waals surface area contributed by atoms with Gasteiger partial charge in [0.1, 0.15) is 0 Å². The number of anilines is 1. The highest BCUT2D eigenvalue weighted by molar-refractivity contribution is 6.30. The van der Waals surface area contributed by atoms with E-state index in [2.05, 4.69) is 15.4 Å². The molecule has 1 aromatic carbocycles. The Morgan fingerprint density at radius 1 is 1.14 bits per heavy atom. The fourth-order valence-electron chi connectivity index (χ4n) is 2.32. The highest BCUT2D eigenvalue weighted by atomic mass is 35.5. The van der Waals surface area contributed by atoms with Crippen molar-refractivity contribution in [1.29, 1.82) is 0 Å². The standard InChI is InChI=1S/C17H17ClN4/c1-12-16(11-22(2)21-12)17-8-7-15(10-20-17)19-9-13-3-5-14(18)6-4-13/h3-8,10-11,19H,9H2,1-2H3. The van der Waals surface area contributed by atoms with Gasteiger partial charge < -0.3 is 5.32 Å². The van der Waals surface area contributed by atoms with Gasteiger partial charge in [-0.1, -0.05) is 23.7 Å². The van der Waals surface area contributed by atoms with E-state index >= 15 is 0 Å². The number of nitrogens with one attached hydrogen (secondary N) is 1. The summed E-state index contributed by atoms with van der Waals surface area (Å²) in [6, 6.07) is 11.8. The van der Waals surface area contributed by atoms with E-state index in [1.165, 1.54) is 5.56 Å². The fraction of sp³-hybridized carbons (Fsp3) is 0.176. The largest absolute Gasteiger partial charge is 0.380 e. The van der Waals surface area contributed by atoms with Crippen molar-refractivity contribution in [3.05, 3.63) is 65.1 Å². The van der Waals surface area contributed by atoms with Crippen LogP contribution in [0.2, 0.25) is 5.02 Å². The first-order valence-electron chi connectivity index (χ1n) is 7.07. The molecule has 0 atom stereocenters. The van der Waals surface area contributed by atoms with Crippen LogP contribution < -0.4 is 5.32 Å². The maximum absolute atomic E-state index is 5.88. The number of pyridine rings is 1. The van der Waals surface area contributed by atoms with E-state index < -0.39 is 0 Å². The molecule has 2 heterocycles. The van der Waals surface area contributed by atoms with Crippen molar-refractivity contribution in [3.8, 4) is 11.3 Å². The highest BCUT2D eigenvalue weighted by Gasteiger charge is 2.07. The topological polar surface area (TPSA) is 42.7 Å². The van der Waals surface area contributed by atoms with Crippen LogP contribution in [0.1, 0.15) is 11.3 Å². The second-order valence-corrected chi connectivity index (χ2v) is 5.65. The summed E-state index contributed by atoms with van der Waals surface area (Å²) in [7, 11) is 1.92. The average Bonchev–Trinajstić information content (AvgIpc) is 2.86. The van der Waals surface area contributed by atoms with Crippen molar-refractivity contribution < 1.29 is 0 Å². The minimum atomic E-state index is 0.740. The van der Waals surface area contributed by atoms with Crippen LogP contribution in [-0.2, 0) is 13.6 Å². The summed E-state index contributed by atoms with van der Waals surface area (Å²) in [5.41, 5.74) is 5.14. The van der Waals surface area contributed by atoms with Crippen LogP contribution in [0.4, 0.5) is 5.69 Å². The molecular weight excluding hydrogens is 296 g/mol. The Bertz CT molecular complexity index is 760. The van der Waals surface area contributed by atoms with Crippen molar-refractivity contribution in [2.45, 2.75) is 13.5 Å². The number of hydrogen-bond acceptors (Lipinski definition) is 3. The van der Waals surface area contributed by atoms with Crippen LogP contribution >= 0.6 is 11.6 Å². The van der Waals surface area contributed by atoms with Gasteiger partial charge in [-0.05, 0) is 36.8 Å². The molecule has 3 rings (SSSR count). The zero-order valence-corrected chi connectivity index (χ0v) is 13.3. The molecule has 22 heavy (non-hydrogen) atoms. The summed E-state index contributed by atoms with van der Waals surface area (Å²) >= 11 is 5.88. The molecule has 0 radical (unpaired) electrons. The maximum Gasteiger partial charge on any atom is 0.0737 e. The SMILES string of the molecule is Cc1nn(C)cc1-c1ccc(NCc2ccc(Cl)cc2)cn1. The molecule has 3 aromatic rings. The Morgan fingerprint density at radius 2 is 1.91 bits per heavy atom. The van der Waals surface area contributed by atoms with Crippen molar-refractivity contribution >= 4 is 17.3 Å². The normalized spacial score (nSPS) is 10.7. The lowest BCUT2D eigenvalue weighted by atomic mass is 10.1. The van der Waals surface area contributed by atoms with Gasteiger partial charge in [-0.3, -0.25) is 9.67 Å². The number of aryl methyl sites for hydroxylation is 2. The van der Waals surface area contributed by atoms with Crippen molar-refractivity contribution in [1.82, 2.24) is 14.8 Å². The van der Waals surface area contributed by atoms with E-state index in [0.29, 0.717) is 0 Å². The summed E-state index contributed by atoms with van der Waals surface area (Å²) in [5.74, 6) is 0. The molecule has 1 N–H and O–H groups in total. The van der Waals surface area contributed by atoms with Crippen LogP contribution in [0, 0.1) is 6.92 Å². The van der Waals surface area contributed by atoms with E-state index in [0.717, 1.165) is 34.2 Å². The molecule has 0 amide bonds. The van der Waals surface area contributed by atoms with E-state index in [-0.39, 0.29) is 0 Å². The third-order valence-corrected chi connectivity index (χ3v) is 3.71.